The Hall–Kier alpha value is -4.21. The molecule has 5 atom stereocenters. The van der Waals surface area contributed by atoms with Gasteiger partial charge < -0.3 is 23.7 Å². The normalized spacial score (nSPS) is 14.9. The molecule has 0 N–H and O–H groups in total. The van der Waals surface area contributed by atoms with Gasteiger partial charge in [-0.25, -0.2) is 0 Å². The number of unbranched alkanes of at least 4 members (excludes halogenated alkanes) is 10. The van der Waals surface area contributed by atoms with E-state index in [2.05, 4.69) is 69.2 Å². The molecule has 0 saturated carbocycles. The molecule has 2 aromatic carbocycles. The topological polar surface area (TPSA) is 132 Å². The van der Waals surface area contributed by atoms with Crippen LogP contribution in [0.25, 0.3) is 11.1 Å². The lowest BCUT2D eigenvalue weighted by Crippen LogP contribution is -2.56. The van der Waals surface area contributed by atoms with Gasteiger partial charge >= 0.3 is 29.8 Å². The lowest BCUT2D eigenvalue weighted by Gasteiger charge is -2.56. The van der Waals surface area contributed by atoms with Crippen molar-refractivity contribution < 1.29 is 47.7 Å². The molecule has 0 radical (unpaired) electrons. The molecule has 2 rings (SSSR count). The molecule has 2 aromatic rings. The maximum Gasteiger partial charge on any atom is 0.311 e. The molecule has 5 unspecified atom stereocenters. The Balaban J connectivity index is 2.59. The molecule has 10 heteroatoms. The quantitative estimate of drug-likeness (QED) is 0.0277. The van der Waals surface area contributed by atoms with Gasteiger partial charge in [0.1, 0.15) is 19.0 Å². The Kier molecular flexibility index (Phi) is 29.3. The maximum atomic E-state index is 15.3. The van der Waals surface area contributed by atoms with Crippen molar-refractivity contribution >= 4 is 29.8 Å². The van der Waals surface area contributed by atoms with E-state index in [-0.39, 0.29) is 50.1 Å². The minimum atomic E-state index is -0.868. The summed E-state index contributed by atoms with van der Waals surface area (Å²) in [6.07, 6.45) is 16.1. The van der Waals surface area contributed by atoms with Gasteiger partial charge in [-0.3, -0.25) is 24.0 Å². The van der Waals surface area contributed by atoms with E-state index in [9.17, 15) is 19.2 Å². The molecule has 414 valence electrons. The Morgan fingerprint density at radius 1 is 0.466 bits per heavy atom. The second kappa shape index (κ2) is 33.0. The Bertz CT molecular complexity index is 1900. The fourth-order valence-corrected chi connectivity index (χ4v) is 10.9. The lowest BCUT2D eigenvalue weighted by atomic mass is 9.47. The molecule has 0 aliphatic carbocycles. The van der Waals surface area contributed by atoms with E-state index in [0.29, 0.717) is 18.6 Å². The van der Waals surface area contributed by atoms with Crippen LogP contribution < -0.4 is 4.74 Å². The van der Waals surface area contributed by atoms with Gasteiger partial charge in [0.25, 0.3) is 0 Å². The van der Waals surface area contributed by atoms with Crippen molar-refractivity contribution in [3.05, 3.63) is 54.6 Å². The van der Waals surface area contributed by atoms with Crippen molar-refractivity contribution in [2.75, 3.05) is 13.2 Å². The van der Waals surface area contributed by atoms with Crippen molar-refractivity contribution in [1.82, 2.24) is 0 Å². The zero-order valence-corrected chi connectivity index (χ0v) is 48.4. The number of esters is 5. The summed E-state index contributed by atoms with van der Waals surface area (Å²) in [5, 5.41) is 0. The number of benzene rings is 2. The molecule has 0 saturated heterocycles. The molecular formula is C63H102O10. The fourth-order valence-electron chi connectivity index (χ4n) is 10.9. The van der Waals surface area contributed by atoms with E-state index < -0.39 is 57.5 Å². The first-order chi connectivity index (χ1) is 34.5. The predicted molar refractivity (Wildman–Crippen MR) is 296 cm³/mol. The molecule has 0 spiro atoms. The molecule has 0 bridgehead atoms. The van der Waals surface area contributed by atoms with Gasteiger partial charge in [-0.15, -0.1) is 0 Å². The number of ether oxygens (including phenoxy) is 5. The molecule has 73 heavy (non-hydrogen) atoms. The summed E-state index contributed by atoms with van der Waals surface area (Å²) < 4.78 is 29.6. The van der Waals surface area contributed by atoms with Gasteiger partial charge in [-0.05, 0) is 105 Å². The second-order valence-corrected chi connectivity index (χ2v) is 23.4. The van der Waals surface area contributed by atoms with Gasteiger partial charge in [0, 0.05) is 0 Å². The van der Waals surface area contributed by atoms with Crippen molar-refractivity contribution in [3.63, 3.8) is 0 Å². The monoisotopic (exact) mass is 1020 g/mol. The number of hydrogen-bond donors (Lipinski definition) is 0. The Morgan fingerprint density at radius 2 is 0.918 bits per heavy atom. The average Bonchev–Trinajstić information content (AvgIpc) is 3.33. The highest BCUT2D eigenvalue weighted by Crippen LogP contribution is 2.61. The van der Waals surface area contributed by atoms with E-state index in [0.717, 1.165) is 120 Å². The van der Waals surface area contributed by atoms with Gasteiger partial charge in [-0.1, -0.05) is 202 Å². The van der Waals surface area contributed by atoms with Crippen LogP contribution in [-0.4, -0.2) is 55.3 Å². The third-order valence-corrected chi connectivity index (χ3v) is 15.6. The first-order valence-electron chi connectivity index (χ1n) is 28.6. The van der Waals surface area contributed by atoms with Crippen LogP contribution in [0, 0.1) is 39.4 Å². The summed E-state index contributed by atoms with van der Waals surface area (Å²) in [5.41, 5.74) is -0.589. The van der Waals surface area contributed by atoms with Crippen LogP contribution in [-0.2, 0) is 42.9 Å². The Morgan fingerprint density at radius 3 is 1.45 bits per heavy atom. The third kappa shape index (κ3) is 21.9. The average molecular weight is 1020 g/mol. The zero-order valence-electron chi connectivity index (χ0n) is 48.4. The number of rotatable bonds is 38. The molecule has 0 amide bonds. The van der Waals surface area contributed by atoms with E-state index in [1.807, 2.05) is 70.2 Å². The van der Waals surface area contributed by atoms with Crippen LogP contribution in [0.15, 0.2) is 54.6 Å². The van der Waals surface area contributed by atoms with E-state index in [4.69, 9.17) is 23.7 Å². The first kappa shape index (κ1) is 64.9. The number of hydrogen-bond acceptors (Lipinski definition) is 10. The van der Waals surface area contributed by atoms with Crippen molar-refractivity contribution in [2.45, 2.75) is 244 Å². The molecule has 0 aliphatic heterocycles. The van der Waals surface area contributed by atoms with Crippen LogP contribution in [0.1, 0.15) is 232 Å². The summed E-state index contributed by atoms with van der Waals surface area (Å²) in [5.74, 6) is -4.15. The molecular weight excluding hydrogens is 917 g/mol. The molecule has 0 aromatic heterocycles. The highest BCUT2D eigenvalue weighted by atomic mass is 16.6. The van der Waals surface area contributed by atoms with Gasteiger partial charge in [0.05, 0.1) is 42.8 Å². The zero-order chi connectivity index (χ0) is 54.7. The van der Waals surface area contributed by atoms with Crippen LogP contribution in [0.2, 0.25) is 0 Å². The van der Waals surface area contributed by atoms with Crippen molar-refractivity contribution in [1.29, 1.82) is 0 Å². The van der Waals surface area contributed by atoms with E-state index in [1.54, 1.807) is 12.1 Å². The highest BCUT2D eigenvalue weighted by molar-refractivity contribution is 5.84. The third-order valence-electron chi connectivity index (χ3n) is 15.6. The van der Waals surface area contributed by atoms with Crippen LogP contribution >= 0.6 is 0 Å². The van der Waals surface area contributed by atoms with Gasteiger partial charge in [-0.2, -0.15) is 0 Å². The van der Waals surface area contributed by atoms with Crippen molar-refractivity contribution in [3.8, 4) is 16.9 Å². The molecule has 0 aliphatic rings. The predicted octanol–water partition coefficient (Wildman–Crippen LogP) is 16.4. The van der Waals surface area contributed by atoms with E-state index in [1.165, 1.54) is 0 Å². The fraction of sp³-hybridized carbons (Fsp3) is 0.730. The lowest BCUT2D eigenvalue weighted by molar-refractivity contribution is -0.188. The van der Waals surface area contributed by atoms with Crippen LogP contribution in [0.5, 0.6) is 5.75 Å². The standard InChI is InChI=1S/C63H102O10/c1-15-19-23-30-40-60(9,10)52(57(66)70-45-44-69-53(64)38-39-54(65)73-51-36-34-50(35-37-51)49-32-26-25-27-33-49)46-62(13,42-28-21-17-3)63(14,43-29-22-18-4)56(59(68)72-48(7)8)55(58(67)71-47(5)6)61(11,12)41-31-24-20-16-2/h25-27,32-37,47-48,52,55-56H,15-24,28-31,38-46H2,1-14H3. The van der Waals surface area contributed by atoms with Crippen LogP contribution in [0.3, 0.4) is 0 Å². The molecule has 10 nitrogen and oxygen atoms in total. The largest absolute Gasteiger partial charge is 0.463 e. The smallest absolute Gasteiger partial charge is 0.311 e. The summed E-state index contributed by atoms with van der Waals surface area (Å²) in [6, 6.07) is 17.1. The number of carbonyl (C=O) groups excluding carboxylic acids is 5. The van der Waals surface area contributed by atoms with Gasteiger partial charge in [0.2, 0.25) is 0 Å². The first-order valence-corrected chi connectivity index (χ1v) is 28.6. The maximum absolute atomic E-state index is 15.3. The minimum Gasteiger partial charge on any atom is -0.463 e. The summed E-state index contributed by atoms with van der Waals surface area (Å²) in [4.78, 5) is 70.9. The molecule has 0 heterocycles. The summed E-state index contributed by atoms with van der Waals surface area (Å²) >= 11 is 0. The minimum absolute atomic E-state index is 0.149. The summed E-state index contributed by atoms with van der Waals surface area (Å²) in [6.45, 7) is 29.0. The van der Waals surface area contributed by atoms with Crippen molar-refractivity contribution in [2.24, 2.45) is 39.4 Å². The molecule has 0 fully saturated rings. The van der Waals surface area contributed by atoms with Crippen LogP contribution in [0.4, 0.5) is 0 Å². The number of carbonyl (C=O) groups is 5. The van der Waals surface area contributed by atoms with Gasteiger partial charge in [0.15, 0.2) is 0 Å². The SMILES string of the molecule is CCCCCCC(C)(C)C(CC(C)(CCCCC)C(C)(CCCCC)C(C(=O)OC(C)C)C(C(=O)OC(C)C)C(C)(C)CCCCCC)C(=O)OCCOC(=O)CCC(=O)Oc1ccc(-c2ccccc2)cc1. The second-order valence-electron chi connectivity index (χ2n) is 23.4. The Labute approximate surface area is 443 Å². The van der Waals surface area contributed by atoms with E-state index >= 15 is 4.79 Å². The summed E-state index contributed by atoms with van der Waals surface area (Å²) in [7, 11) is 0. The highest BCUT2D eigenvalue weighted by Gasteiger charge is 2.60.